The minimum absolute atomic E-state index is 0.101. The fourth-order valence-corrected chi connectivity index (χ4v) is 1.67. The second-order valence-electron chi connectivity index (χ2n) is 3.86. The minimum atomic E-state index is -0.284. The van der Waals surface area contributed by atoms with Crippen LogP contribution in [0, 0.1) is 5.92 Å². The predicted molar refractivity (Wildman–Crippen MR) is 53.0 cm³/mol. The van der Waals surface area contributed by atoms with Crippen molar-refractivity contribution >= 4 is 6.09 Å². The van der Waals surface area contributed by atoms with Crippen molar-refractivity contribution in [2.45, 2.75) is 26.2 Å². The van der Waals surface area contributed by atoms with Crippen LogP contribution in [0.15, 0.2) is 0 Å². The van der Waals surface area contributed by atoms with Crippen LogP contribution in [0.1, 0.15) is 26.2 Å². The number of nitrogens with zero attached hydrogens (tertiary/aromatic N) is 1. The average Bonchev–Trinajstić information content (AvgIpc) is 2.39. The highest BCUT2D eigenvalue weighted by Gasteiger charge is 2.18. The maximum Gasteiger partial charge on any atom is 0.409 e. The van der Waals surface area contributed by atoms with Gasteiger partial charge in [-0.2, -0.15) is 0 Å². The van der Waals surface area contributed by atoms with E-state index in [1.165, 1.54) is 6.42 Å². The van der Waals surface area contributed by atoms with Crippen molar-refractivity contribution < 1.29 is 14.6 Å². The molecule has 1 saturated heterocycles. The zero-order chi connectivity index (χ0) is 10.4. The molecule has 0 aromatic rings. The lowest BCUT2D eigenvalue weighted by Gasteiger charge is -2.19. The molecule has 1 unspecified atom stereocenters. The van der Waals surface area contributed by atoms with Gasteiger partial charge in [0.05, 0.1) is 6.61 Å². The summed E-state index contributed by atoms with van der Waals surface area (Å²) in [5.74, 6) is 0.700. The molecule has 1 N–H and O–H groups in total. The second kappa shape index (κ2) is 5.86. The lowest BCUT2D eigenvalue weighted by atomic mass is 10.0. The van der Waals surface area contributed by atoms with Crippen molar-refractivity contribution in [3.8, 4) is 0 Å². The molecule has 82 valence electrons. The van der Waals surface area contributed by atoms with Crippen LogP contribution in [-0.2, 0) is 4.74 Å². The second-order valence-corrected chi connectivity index (χ2v) is 3.86. The third-order valence-corrected chi connectivity index (χ3v) is 2.59. The largest absolute Gasteiger partial charge is 0.447 e. The molecule has 0 bridgehead atoms. The Kier molecular flexibility index (Phi) is 4.73. The van der Waals surface area contributed by atoms with Crippen LogP contribution >= 0.6 is 0 Å². The summed E-state index contributed by atoms with van der Waals surface area (Å²) < 4.78 is 4.86. The highest BCUT2D eigenvalue weighted by molar-refractivity contribution is 5.67. The van der Waals surface area contributed by atoms with Gasteiger partial charge in [-0.3, -0.25) is 0 Å². The van der Waals surface area contributed by atoms with E-state index in [9.17, 15) is 4.79 Å². The summed E-state index contributed by atoms with van der Waals surface area (Å²) in [5, 5.41) is 8.52. The first-order chi connectivity index (χ1) is 6.74. The van der Waals surface area contributed by atoms with Gasteiger partial charge in [0.2, 0.25) is 0 Å². The SMILES string of the molecule is CC1CCCN(C(=O)OCCO)CC1. The molecule has 1 rings (SSSR count). The monoisotopic (exact) mass is 201 g/mol. The van der Waals surface area contributed by atoms with Crippen LogP contribution in [0.3, 0.4) is 0 Å². The fraction of sp³-hybridized carbons (Fsp3) is 0.900. The number of amides is 1. The minimum Gasteiger partial charge on any atom is -0.447 e. The van der Waals surface area contributed by atoms with Crippen LogP contribution < -0.4 is 0 Å². The number of rotatable bonds is 2. The Morgan fingerprint density at radius 1 is 1.50 bits per heavy atom. The Morgan fingerprint density at radius 2 is 2.29 bits per heavy atom. The Hall–Kier alpha value is -0.770. The van der Waals surface area contributed by atoms with Gasteiger partial charge in [-0.1, -0.05) is 6.92 Å². The molecule has 1 amide bonds. The van der Waals surface area contributed by atoms with Gasteiger partial charge in [0.15, 0.2) is 0 Å². The van der Waals surface area contributed by atoms with Crippen LogP contribution in [0.5, 0.6) is 0 Å². The smallest absolute Gasteiger partial charge is 0.409 e. The molecule has 0 aromatic carbocycles. The summed E-state index contributed by atoms with van der Waals surface area (Å²) in [4.78, 5) is 13.1. The Morgan fingerprint density at radius 3 is 3.00 bits per heavy atom. The van der Waals surface area contributed by atoms with Crippen molar-refractivity contribution in [3.05, 3.63) is 0 Å². The quantitative estimate of drug-likeness (QED) is 0.731. The zero-order valence-electron chi connectivity index (χ0n) is 8.74. The molecule has 1 fully saturated rings. The number of likely N-dealkylation sites (tertiary alicyclic amines) is 1. The maximum atomic E-state index is 11.4. The average molecular weight is 201 g/mol. The molecular formula is C10H19NO3. The van der Waals surface area contributed by atoms with E-state index < -0.39 is 0 Å². The molecule has 1 atom stereocenters. The number of hydrogen-bond donors (Lipinski definition) is 1. The summed E-state index contributed by atoms with van der Waals surface area (Å²) in [6.45, 7) is 3.78. The van der Waals surface area contributed by atoms with Crippen molar-refractivity contribution in [2.24, 2.45) is 5.92 Å². The first kappa shape index (κ1) is 11.3. The van der Waals surface area contributed by atoms with Crippen LogP contribution in [0.2, 0.25) is 0 Å². The molecule has 0 saturated carbocycles. The van der Waals surface area contributed by atoms with Crippen molar-refractivity contribution in [2.75, 3.05) is 26.3 Å². The number of aliphatic hydroxyl groups excluding tert-OH is 1. The highest BCUT2D eigenvalue weighted by Crippen LogP contribution is 2.16. The first-order valence-electron chi connectivity index (χ1n) is 5.26. The molecule has 0 radical (unpaired) electrons. The van der Waals surface area contributed by atoms with E-state index in [0.717, 1.165) is 25.9 Å². The predicted octanol–water partition coefficient (Wildman–Crippen LogP) is 1.24. The number of aliphatic hydroxyl groups is 1. The number of carbonyl (C=O) groups excluding carboxylic acids is 1. The third kappa shape index (κ3) is 3.54. The van der Waals surface area contributed by atoms with E-state index in [1.54, 1.807) is 4.90 Å². The number of carbonyl (C=O) groups is 1. The van der Waals surface area contributed by atoms with Gasteiger partial charge in [0, 0.05) is 13.1 Å². The van der Waals surface area contributed by atoms with Crippen LogP contribution in [-0.4, -0.2) is 42.4 Å². The molecule has 4 heteroatoms. The third-order valence-electron chi connectivity index (χ3n) is 2.59. The Labute approximate surface area is 84.8 Å². The van der Waals surface area contributed by atoms with Crippen molar-refractivity contribution in [3.63, 3.8) is 0 Å². The van der Waals surface area contributed by atoms with E-state index >= 15 is 0 Å². The Bertz CT molecular complexity index is 184. The summed E-state index contributed by atoms with van der Waals surface area (Å²) in [6.07, 6.45) is 3.00. The van der Waals surface area contributed by atoms with Gasteiger partial charge >= 0.3 is 6.09 Å². The molecule has 0 spiro atoms. The molecule has 4 nitrogen and oxygen atoms in total. The lowest BCUT2D eigenvalue weighted by molar-refractivity contribution is 0.0849. The zero-order valence-corrected chi connectivity index (χ0v) is 8.74. The van der Waals surface area contributed by atoms with Gasteiger partial charge in [0.25, 0.3) is 0 Å². The van der Waals surface area contributed by atoms with Gasteiger partial charge < -0.3 is 14.7 Å². The number of ether oxygens (including phenoxy) is 1. The molecule has 0 aliphatic carbocycles. The highest BCUT2D eigenvalue weighted by atomic mass is 16.6. The standard InChI is InChI=1S/C10H19NO3/c1-9-3-2-5-11(6-4-9)10(13)14-8-7-12/h9,12H,2-8H2,1H3. The molecule has 0 aromatic heterocycles. The molecule has 1 aliphatic rings. The maximum absolute atomic E-state index is 11.4. The topological polar surface area (TPSA) is 49.8 Å². The molecular weight excluding hydrogens is 182 g/mol. The van der Waals surface area contributed by atoms with Crippen LogP contribution in [0.25, 0.3) is 0 Å². The van der Waals surface area contributed by atoms with E-state index in [4.69, 9.17) is 9.84 Å². The molecule has 1 aliphatic heterocycles. The van der Waals surface area contributed by atoms with E-state index in [0.29, 0.717) is 5.92 Å². The van der Waals surface area contributed by atoms with Gasteiger partial charge in [-0.15, -0.1) is 0 Å². The molecule has 14 heavy (non-hydrogen) atoms. The van der Waals surface area contributed by atoms with Gasteiger partial charge in [0.1, 0.15) is 6.61 Å². The summed E-state index contributed by atoms with van der Waals surface area (Å²) in [5.41, 5.74) is 0. The van der Waals surface area contributed by atoms with Gasteiger partial charge in [-0.05, 0) is 25.2 Å². The van der Waals surface area contributed by atoms with Gasteiger partial charge in [-0.25, -0.2) is 4.79 Å². The van der Waals surface area contributed by atoms with E-state index in [-0.39, 0.29) is 19.3 Å². The summed E-state index contributed by atoms with van der Waals surface area (Å²) in [6, 6.07) is 0. The van der Waals surface area contributed by atoms with Crippen molar-refractivity contribution in [1.29, 1.82) is 0 Å². The van der Waals surface area contributed by atoms with E-state index in [1.807, 2.05) is 0 Å². The number of hydrogen-bond acceptors (Lipinski definition) is 3. The normalized spacial score (nSPS) is 23.0. The lowest BCUT2D eigenvalue weighted by Crippen LogP contribution is -2.33. The molecule has 1 heterocycles. The van der Waals surface area contributed by atoms with Crippen LogP contribution in [0.4, 0.5) is 4.79 Å². The fourth-order valence-electron chi connectivity index (χ4n) is 1.67. The summed E-state index contributed by atoms with van der Waals surface area (Å²) in [7, 11) is 0. The Balaban J connectivity index is 2.31. The van der Waals surface area contributed by atoms with E-state index in [2.05, 4.69) is 6.92 Å². The van der Waals surface area contributed by atoms with Crippen molar-refractivity contribution in [1.82, 2.24) is 4.90 Å². The first-order valence-corrected chi connectivity index (χ1v) is 5.26. The summed E-state index contributed by atoms with van der Waals surface area (Å²) >= 11 is 0.